The fourth-order valence-corrected chi connectivity index (χ4v) is 3.45. The predicted molar refractivity (Wildman–Crippen MR) is 54.8 cm³/mol. The van der Waals surface area contributed by atoms with Crippen LogP contribution < -0.4 is 0 Å². The van der Waals surface area contributed by atoms with Crippen LogP contribution in [0.5, 0.6) is 0 Å². The first kappa shape index (κ1) is 7.61. The van der Waals surface area contributed by atoms with E-state index in [0.29, 0.717) is 5.41 Å². The molecule has 1 aromatic rings. The van der Waals surface area contributed by atoms with Crippen LogP contribution in [0.4, 0.5) is 0 Å². The summed E-state index contributed by atoms with van der Waals surface area (Å²) in [5.74, 6) is 0.878. The molecule has 1 aromatic carbocycles. The molecule has 0 spiro atoms. The summed E-state index contributed by atoms with van der Waals surface area (Å²) in [7, 11) is 0. The molecule has 0 nitrogen and oxygen atoms in total. The van der Waals surface area contributed by atoms with Gasteiger partial charge in [-0.05, 0) is 41.7 Å². The molecule has 3 rings (SSSR count). The molecule has 2 aliphatic rings. The van der Waals surface area contributed by atoms with Gasteiger partial charge in [-0.3, -0.25) is 0 Å². The second-order valence-corrected chi connectivity index (χ2v) is 4.97. The van der Waals surface area contributed by atoms with E-state index in [-0.39, 0.29) is 0 Å². The van der Waals surface area contributed by atoms with Crippen LogP contribution in [0.1, 0.15) is 43.2 Å². The van der Waals surface area contributed by atoms with E-state index >= 15 is 0 Å². The Labute approximate surface area is 80.0 Å². The molecule has 1 saturated carbocycles. The van der Waals surface area contributed by atoms with Gasteiger partial charge in [-0.2, -0.15) is 0 Å². The van der Waals surface area contributed by atoms with Crippen molar-refractivity contribution >= 4 is 0 Å². The molecule has 0 N–H and O–H groups in total. The Hall–Kier alpha value is -0.780. The third-order valence-corrected chi connectivity index (χ3v) is 4.11. The summed E-state index contributed by atoms with van der Waals surface area (Å²) in [4.78, 5) is 0. The first-order chi connectivity index (χ1) is 6.30. The minimum Gasteiger partial charge on any atom is -0.0620 e. The fraction of sp³-hybridized carbons (Fsp3) is 0.538. The van der Waals surface area contributed by atoms with Gasteiger partial charge in [-0.1, -0.05) is 37.6 Å². The number of hydrogen-bond acceptors (Lipinski definition) is 0. The van der Waals surface area contributed by atoms with E-state index in [1.807, 2.05) is 0 Å². The van der Waals surface area contributed by atoms with Crippen molar-refractivity contribution in [3.8, 4) is 0 Å². The van der Waals surface area contributed by atoms with Crippen LogP contribution in [0.2, 0.25) is 0 Å². The molecule has 2 atom stereocenters. The van der Waals surface area contributed by atoms with Crippen LogP contribution in [0, 0.1) is 5.41 Å². The zero-order chi connectivity index (χ0) is 8.89. The van der Waals surface area contributed by atoms with Crippen LogP contribution in [0.15, 0.2) is 24.3 Å². The average molecular weight is 172 g/mol. The van der Waals surface area contributed by atoms with E-state index in [4.69, 9.17) is 0 Å². The second kappa shape index (κ2) is 2.37. The number of fused-ring (bicyclic) bond motifs is 3. The van der Waals surface area contributed by atoms with Gasteiger partial charge < -0.3 is 0 Å². The summed E-state index contributed by atoms with van der Waals surface area (Å²) in [6, 6.07) is 9.04. The summed E-state index contributed by atoms with van der Waals surface area (Å²) in [5, 5.41) is 0. The van der Waals surface area contributed by atoms with Crippen molar-refractivity contribution in [2.45, 2.75) is 38.5 Å². The molecule has 0 saturated heterocycles. The highest BCUT2D eigenvalue weighted by Crippen LogP contribution is 2.56. The topological polar surface area (TPSA) is 0 Å². The van der Waals surface area contributed by atoms with Crippen LogP contribution in [0.3, 0.4) is 0 Å². The average Bonchev–Trinajstić information content (AvgIpc) is 2.58. The van der Waals surface area contributed by atoms with Crippen LogP contribution in [-0.4, -0.2) is 0 Å². The molecule has 0 aromatic heterocycles. The van der Waals surface area contributed by atoms with Crippen molar-refractivity contribution in [1.82, 2.24) is 0 Å². The van der Waals surface area contributed by atoms with Gasteiger partial charge in [0, 0.05) is 0 Å². The van der Waals surface area contributed by atoms with Gasteiger partial charge in [0.05, 0.1) is 0 Å². The normalized spacial score (nSPS) is 35.9. The lowest BCUT2D eigenvalue weighted by Crippen LogP contribution is -2.15. The Morgan fingerprint density at radius 3 is 3.08 bits per heavy atom. The Morgan fingerprint density at radius 1 is 1.31 bits per heavy atom. The summed E-state index contributed by atoms with van der Waals surface area (Å²) < 4.78 is 0. The molecule has 2 unspecified atom stereocenters. The maximum absolute atomic E-state index is 2.48. The third kappa shape index (κ3) is 0.919. The van der Waals surface area contributed by atoms with Crippen molar-refractivity contribution in [3.63, 3.8) is 0 Å². The highest BCUT2D eigenvalue weighted by atomic mass is 14.5. The van der Waals surface area contributed by atoms with Gasteiger partial charge in [0.25, 0.3) is 0 Å². The van der Waals surface area contributed by atoms with E-state index in [0.717, 1.165) is 5.92 Å². The van der Waals surface area contributed by atoms with Crippen LogP contribution in [-0.2, 0) is 6.42 Å². The first-order valence-electron chi connectivity index (χ1n) is 5.37. The highest BCUT2D eigenvalue weighted by molar-refractivity contribution is 5.39. The van der Waals surface area contributed by atoms with Gasteiger partial charge in [-0.15, -0.1) is 0 Å². The van der Waals surface area contributed by atoms with E-state index < -0.39 is 0 Å². The van der Waals surface area contributed by atoms with Crippen molar-refractivity contribution in [2.75, 3.05) is 0 Å². The SMILES string of the molecule is CC12CCCC1c1ccccc1C2. The van der Waals surface area contributed by atoms with Crippen molar-refractivity contribution in [3.05, 3.63) is 35.4 Å². The van der Waals surface area contributed by atoms with Crippen molar-refractivity contribution < 1.29 is 0 Å². The molecule has 68 valence electrons. The van der Waals surface area contributed by atoms with Gasteiger partial charge in [-0.25, -0.2) is 0 Å². The summed E-state index contributed by atoms with van der Waals surface area (Å²) in [6.07, 6.45) is 5.63. The summed E-state index contributed by atoms with van der Waals surface area (Å²) in [5.41, 5.74) is 3.89. The van der Waals surface area contributed by atoms with E-state index in [1.54, 1.807) is 11.1 Å². The lowest BCUT2D eigenvalue weighted by atomic mass is 9.81. The molecule has 0 heterocycles. The Bertz CT molecular complexity index is 340. The van der Waals surface area contributed by atoms with Gasteiger partial charge >= 0.3 is 0 Å². The maximum Gasteiger partial charge on any atom is -0.0102 e. The van der Waals surface area contributed by atoms with E-state index in [1.165, 1.54) is 25.7 Å². The molecular formula is C13H16. The largest absolute Gasteiger partial charge is 0.0620 e. The molecule has 0 radical (unpaired) electrons. The van der Waals surface area contributed by atoms with Gasteiger partial charge in [0.2, 0.25) is 0 Å². The van der Waals surface area contributed by atoms with Crippen LogP contribution in [0.25, 0.3) is 0 Å². The lowest BCUT2D eigenvalue weighted by molar-refractivity contribution is 0.320. The monoisotopic (exact) mass is 172 g/mol. The fourth-order valence-electron chi connectivity index (χ4n) is 3.45. The molecule has 2 aliphatic carbocycles. The third-order valence-electron chi connectivity index (χ3n) is 4.11. The summed E-state index contributed by atoms with van der Waals surface area (Å²) in [6.45, 7) is 2.48. The van der Waals surface area contributed by atoms with Gasteiger partial charge in [0.15, 0.2) is 0 Å². The molecule has 1 fully saturated rings. The Morgan fingerprint density at radius 2 is 2.15 bits per heavy atom. The molecule has 0 aliphatic heterocycles. The lowest BCUT2D eigenvalue weighted by Gasteiger charge is -2.23. The minimum atomic E-state index is 0.615. The quantitative estimate of drug-likeness (QED) is 0.561. The number of hydrogen-bond donors (Lipinski definition) is 0. The van der Waals surface area contributed by atoms with E-state index in [2.05, 4.69) is 31.2 Å². The number of rotatable bonds is 0. The van der Waals surface area contributed by atoms with E-state index in [9.17, 15) is 0 Å². The number of benzene rings is 1. The zero-order valence-corrected chi connectivity index (χ0v) is 8.22. The summed E-state index contributed by atoms with van der Waals surface area (Å²) >= 11 is 0. The van der Waals surface area contributed by atoms with Gasteiger partial charge in [0.1, 0.15) is 0 Å². The second-order valence-electron chi connectivity index (χ2n) is 4.97. The predicted octanol–water partition coefficient (Wildman–Crippen LogP) is 3.52. The molecule has 0 amide bonds. The minimum absolute atomic E-state index is 0.615. The Kier molecular flexibility index (Phi) is 1.39. The zero-order valence-electron chi connectivity index (χ0n) is 8.22. The Balaban J connectivity index is 2.13. The molecule has 0 heteroatoms. The van der Waals surface area contributed by atoms with Crippen LogP contribution >= 0.6 is 0 Å². The first-order valence-corrected chi connectivity index (χ1v) is 5.37. The highest BCUT2D eigenvalue weighted by Gasteiger charge is 2.44. The standard InChI is InChI=1S/C13H16/c1-13-8-4-7-12(13)11-6-3-2-5-10(11)9-13/h2-3,5-6,12H,4,7-9H2,1H3. The van der Waals surface area contributed by atoms with Crippen molar-refractivity contribution in [2.24, 2.45) is 5.41 Å². The molecular weight excluding hydrogens is 156 g/mol. The molecule has 0 bridgehead atoms. The van der Waals surface area contributed by atoms with Crippen molar-refractivity contribution in [1.29, 1.82) is 0 Å². The smallest absolute Gasteiger partial charge is 0.0102 e. The molecule has 13 heavy (non-hydrogen) atoms. The maximum atomic E-state index is 2.48.